The number of esters is 1. The van der Waals surface area contributed by atoms with Gasteiger partial charge in [-0.05, 0) is 27.2 Å². The van der Waals surface area contributed by atoms with Gasteiger partial charge in [0.25, 0.3) is 0 Å². The van der Waals surface area contributed by atoms with E-state index in [0.29, 0.717) is 12.0 Å². The second kappa shape index (κ2) is 4.14. The van der Waals surface area contributed by atoms with Crippen LogP contribution in [-0.4, -0.2) is 27.4 Å². The minimum Gasteiger partial charge on any atom is -0.456 e. The molecule has 0 saturated heterocycles. The summed E-state index contributed by atoms with van der Waals surface area (Å²) in [5.74, 6) is -0.312. The van der Waals surface area contributed by atoms with E-state index in [4.69, 9.17) is 10.5 Å². The molecule has 2 N–H and O–H groups in total. The van der Waals surface area contributed by atoms with Gasteiger partial charge in [-0.2, -0.15) is 5.10 Å². The van der Waals surface area contributed by atoms with Crippen molar-refractivity contribution in [1.29, 1.82) is 0 Å². The summed E-state index contributed by atoms with van der Waals surface area (Å²) in [5.41, 5.74) is 6.88. The predicted octanol–water partition coefficient (Wildman–Crippen LogP) is 1.11. The van der Waals surface area contributed by atoms with Crippen molar-refractivity contribution in [1.82, 2.24) is 9.78 Å². The number of aryl methyl sites for hydroxylation is 1. The zero-order valence-electron chi connectivity index (χ0n) is 10.6. The molecule has 1 aromatic rings. The fraction of sp³-hybridized carbons (Fsp3) is 0.667. The molecule has 2 heterocycles. The van der Waals surface area contributed by atoms with Crippen molar-refractivity contribution in [2.24, 2.45) is 5.73 Å². The smallest absolute Gasteiger partial charge is 0.342 e. The average molecular weight is 237 g/mol. The van der Waals surface area contributed by atoms with Gasteiger partial charge in [0.2, 0.25) is 0 Å². The number of nitrogens with zero attached hydrogens (tertiary/aromatic N) is 2. The van der Waals surface area contributed by atoms with E-state index in [9.17, 15) is 4.79 Å². The molecule has 17 heavy (non-hydrogen) atoms. The van der Waals surface area contributed by atoms with Crippen LogP contribution in [-0.2, 0) is 17.7 Å². The third-order valence-electron chi connectivity index (χ3n) is 2.73. The van der Waals surface area contributed by atoms with E-state index in [1.807, 2.05) is 25.5 Å². The summed E-state index contributed by atoms with van der Waals surface area (Å²) in [4.78, 5) is 12.0. The van der Waals surface area contributed by atoms with Gasteiger partial charge in [0.1, 0.15) is 11.2 Å². The minimum atomic E-state index is -0.483. The SMILES string of the molecule is CC(C)(C)OC(=O)c1cnn2c1CC(N)CC2. The Morgan fingerprint density at radius 3 is 2.94 bits per heavy atom. The van der Waals surface area contributed by atoms with E-state index in [1.54, 1.807) is 6.20 Å². The Kier molecular flexibility index (Phi) is 2.95. The van der Waals surface area contributed by atoms with Crippen molar-refractivity contribution in [3.8, 4) is 0 Å². The lowest BCUT2D eigenvalue weighted by atomic mass is 10.0. The number of rotatable bonds is 1. The van der Waals surface area contributed by atoms with E-state index >= 15 is 0 Å². The first-order valence-corrected chi connectivity index (χ1v) is 5.90. The van der Waals surface area contributed by atoms with Crippen molar-refractivity contribution in [2.45, 2.75) is 51.8 Å². The largest absolute Gasteiger partial charge is 0.456 e. The molecule has 0 aromatic carbocycles. The summed E-state index contributed by atoms with van der Waals surface area (Å²) in [5, 5.41) is 4.20. The molecular formula is C12H19N3O2. The molecule has 0 aliphatic carbocycles. The van der Waals surface area contributed by atoms with Crippen LogP contribution in [0.4, 0.5) is 0 Å². The molecule has 0 radical (unpaired) electrons. The molecule has 94 valence electrons. The number of hydrogen-bond donors (Lipinski definition) is 1. The Bertz CT molecular complexity index is 431. The summed E-state index contributed by atoms with van der Waals surface area (Å²) in [7, 11) is 0. The summed E-state index contributed by atoms with van der Waals surface area (Å²) >= 11 is 0. The monoisotopic (exact) mass is 237 g/mol. The highest BCUT2D eigenvalue weighted by Gasteiger charge is 2.26. The molecule has 0 saturated carbocycles. The van der Waals surface area contributed by atoms with Crippen molar-refractivity contribution >= 4 is 5.97 Å². The Labute approximate surface area is 101 Å². The highest BCUT2D eigenvalue weighted by Crippen LogP contribution is 2.20. The predicted molar refractivity (Wildman–Crippen MR) is 63.7 cm³/mol. The normalized spacial score (nSPS) is 19.9. The number of ether oxygens (including phenoxy) is 1. The molecule has 1 unspecified atom stereocenters. The van der Waals surface area contributed by atoms with E-state index in [0.717, 1.165) is 18.7 Å². The van der Waals surface area contributed by atoms with Gasteiger partial charge in [-0.3, -0.25) is 4.68 Å². The van der Waals surface area contributed by atoms with Gasteiger partial charge in [-0.1, -0.05) is 0 Å². The summed E-state index contributed by atoms with van der Waals surface area (Å²) in [6, 6.07) is 0.111. The molecule has 1 atom stereocenters. The van der Waals surface area contributed by atoms with E-state index in [-0.39, 0.29) is 12.0 Å². The van der Waals surface area contributed by atoms with Crippen LogP contribution in [0.25, 0.3) is 0 Å². The minimum absolute atomic E-state index is 0.111. The van der Waals surface area contributed by atoms with Gasteiger partial charge in [0, 0.05) is 19.0 Å². The first-order valence-electron chi connectivity index (χ1n) is 5.90. The fourth-order valence-corrected chi connectivity index (χ4v) is 1.96. The highest BCUT2D eigenvalue weighted by molar-refractivity contribution is 5.90. The molecule has 5 heteroatoms. The van der Waals surface area contributed by atoms with Crippen LogP contribution in [0.2, 0.25) is 0 Å². The molecule has 2 rings (SSSR count). The maximum absolute atomic E-state index is 12.0. The van der Waals surface area contributed by atoms with Gasteiger partial charge in [0.05, 0.1) is 11.9 Å². The lowest BCUT2D eigenvalue weighted by Gasteiger charge is -2.22. The number of fused-ring (bicyclic) bond motifs is 1. The molecule has 0 fully saturated rings. The lowest BCUT2D eigenvalue weighted by Crippen LogP contribution is -2.32. The van der Waals surface area contributed by atoms with Crippen LogP contribution >= 0.6 is 0 Å². The Morgan fingerprint density at radius 2 is 2.29 bits per heavy atom. The first kappa shape index (κ1) is 12.1. The number of aromatic nitrogens is 2. The summed E-state index contributed by atoms with van der Waals surface area (Å²) in [6.45, 7) is 6.34. The van der Waals surface area contributed by atoms with Crippen LogP contribution < -0.4 is 5.73 Å². The van der Waals surface area contributed by atoms with Gasteiger partial charge in [-0.15, -0.1) is 0 Å². The number of carbonyl (C=O) groups excluding carboxylic acids is 1. The second-order valence-corrected chi connectivity index (χ2v) is 5.48. The Hall–Kier alpha value is -1.36. The number of hydrogen-bond acceptors (Lipinski definition) is 4. The maximum Gasteiger partial charge on any atom is 0.342 e. The molecule has 1 aliphatic heterocycles. The number of nitrogens with two attached hydrogens (primary N) is 1. The highest BCUT2D eigenvalue weighted by atomic mass is 16.6. The molecule has 1 aromatic heterocycles. The van der Waals surface area contributed by atoms with Crippen molar-refractivity contribution < 1.29 is 9.53 Å². The zero-order valence-corrected chi connectivity index (χ0v) is 10.6. The molecule has 5 nitrogen and oxygen atoms in total. The second-order valence-electron chi connectivity index (χ2n) is 5.48. The van der Waals surface area contributed by atoms with Gasteiger partial charge in [0.15, 0.2) is 0 Å². The zero-order chi connectivity index (χ0) is 12.6. The number of carbonyl (C=O) groups is 1. The first-order chi connectivity index (χ1) is 7.87. The van der Waals surface area contributed by atoms with Crippen LogP contribution in [0.1, 0.15) is 43.2 Å². The van der Waals surface area contributed by atoms with Crippen molar-refractivity contribution in [3.05, 3.63) is 17.5 Å². The van der Waals surface area contributed by atoms with Gasteiger partial charge in [-0.25, -0.2) is 4.79 Å². The third kappa shape index (κ3) is 2.66. The van der Waals surface area contributed by atoms with Crippen molar-refractivity contribution in [3.63, 3.8) is 0 Å². The summed E-state index contributed by atoms with van der Waals surface area (Å²) < 4.78 is 7.20. The maximum atomic E-state index is 12.0. The van der Waals surface area contributed by atoms with Crippen molar-refractivity contribution in [2.75, 3.05) is 0 Å². The summed E-state index contributed by atoms with van der Waals surface area (Å²) in [6.07, 6.45) is 3.18. The van der Waals surface area contributed by atoms with E-state index in [1.165, 1.54) is 0 Å². The Balaban J connectivity index is 2.22. The quantitative estimate of drug-likeness (QED) is 0.743. The molecule has 1 aliphatic rings. The van der Waals surface area contributed by atoms with Crippen LogP contribution in [0, 0.1) is 0 Å². The van der Waals surface area contributed by atoms with E-state index < -0.39 is 5.60 Å². The van der Waals surface area contributed by atoms with Gasteiger partial charge >= 0.3 is 5.97 Å². The topological polar surface area (TPSA) is 70.1 Å². The molecule has 0 bridgehead atoms. The lowest BCUT2D eigenvalue weighted by molar-refractivity contribution is 0.00679. The molecular weight excluding hydrogens is 218 g/mol. The Morgan fingerprint density at radius 1 is 1.59 bits per heavy atom. The van der Waals surface area contributed by atoms with Crippen LogP contribution in [0.3, 0.4) is 0 Å². The van der Waals surface area contributed by atoms with Crippen LogP contribution in [0.5, 0.6) is 0 Å². The molecule has 0 amide bonds. The van der Waals surface area contributed by atoms with Crippen LogP contribution in [0.15, 0.2) is 6.20 Å². The molecule has 0 spiro atoms. The van der Waals surface area contributed by atoms with Gasteiger partial charge < -0.3 is 10.5 Å². The third-order valence-corrected chi connectivity index (χ3v) is 2.73. The average Bonchev–Trinajstić information content (AvgIpc) is 2.57. The fourth-order valence-electron chi connectivity index (χ4n) is 1.96. The van der Waals surface area contributed by atoms with E-state index in [2.05, 4.69) is 5.10 Å². The standard InChI is InChI=1S/C12H19N3O2/c1-12(2,3)17-11(16)9-7-14-15-5-4-8(13)6-10(9)15/h7-8H,4-6,13H2,1-3H3.